The van der Waals surface area contributed by atoms with E-state index in [0.717, 1.165) is 30.1 Å². The van der Waals surface area contributed by atoms with Gasteiger partial charge in [0.2, 0.25) is 11.8 Å². The second kappa shape index (κ2) is 10.2. The number of nitrogens with zero attached hydrogens (tertiary/aromatic N) is 2. The smallest absolute Gasteiger partial charge is 0.265 e. The Hall–Kier alpha value is -2.62. The van der Waals surface area contributed by atoms with Gasteiger partial charge in [-0.2, -0.15) is 0 Å². The molecule has 2 atom stereocenters. The first-order chi connectivity index (χ1) is 16.6. The number of aryl methyl sites for hydroxylation is 2. The molecule has 0 saturated carbocycles. The summed E-state index contributed by atoms with van der Waals surface area (Å²) in [5.41, 5.74) is 1.78. The van der Waals surface area contributed by atoms with Crippen molar-refractivity contribution in [3.05, 3.63) is 52.5 Å². The summed E-state index contributed by atoms with van der Waals surface area (Å²) in [6.45, 7) is 4.83. The zero-order valence-corrected chi connectivity index (χ0v) is 21.7. The van der Waals surface area contributed by atoms with Crippen LogP contribution in [0.5, 0.6) is 0 Å². The topological polar surface area (TPSA) is 98.8 Å². The van der Waals surface area contributed by atoms with E-state index < -0.39 is 22.0 Å². The lowest BCUT2D eigenvalue weighted by Crippen LogP contribution is -2.53. The Morgan fingerprint density at radius 1 is 1.17 bits per heavy atom. The number of para-hydroxylation sites is 2. The molecule has 2 N–H and O–H groups in total. The Morgan fingerprint density at radius 3 is 2.66 bits per heavy atom. The van der Waals surface area contributed by atoms with Crippen molar-refractivity contribution in [1.29, 1.82) is 0 Å². The van der Waals surface area contributed by atoms with Gasteiger partial charge in [-0.1, -0.05) is 30.2 Å². The van der Waals surface area contributed by atoms with Crippen molar-refractivity contribution in [2.45, 2.75) is 56.5 Å². The number of carbonyl (C=O) groups is 2. The minimum Gasteiger partial charge on any atom is -0.354 e. The number of nitrogens with one attached hydrogen (secondary N) is 2. The van der Waals surface area contributed by atoms with E-state index in [1.54, 1.807) is 44.2 Å². The van der Waals surface area contributed by atoms with Gasteiger partial charge in [0, 0.05) is 17.6 Å². The molecule has 35 heavy (non-hydrogen) atoms. The molecule has 188 valence electrons. The fourth-order valence-electron chi connectivity index (χ4n) is 4.75. The molecule has 0 spiro atoms. The van der Waals surface area contributed by atoms with Crippen molar-refractivity contribution in [2.75, 3.05) is 29.8 Å². The maximum Gasteiger partial charge on any atom is 0.265 e. The highest BCUT2D eigenvalue weighted by Gasteiger charge is 2.42. The first-order valence-electron chi connectivity index (χ1n) is 11.8. The molecular formula is C25H31ClN4O4S. The summed E-state index contributed by atoms with van der Waals surface area (Å²) in [6.07, 6.45) is 2.95. The van der Waals surface area contributed by atoms with Gasteiger partial charge in [-0.15, -0.1) is 0 Å². The first-order valence-corrected chi connectivity index (χ1v) is 13.6. The molecule has 1 saturated heterocycles. The molecular weight excluding hydrogens is 488 g/mol. The van der Waals surface area contributed by atoms with Gasteiger partial charge in [-0.05, 0) is 75.7 Å². The van der Waals surface area contributed by atoms with Crippen LogP contribution in [0.1, 0.15) is 36.8 Å². The van der Waals surface area contributed by atoms with E-state index in [0.29, 0.717) is 34.1 Å². The Morgan fingerprint density at radius 2 is 1.91 bits per heavy atom. The summed E-state index contributed by atoms with van der Waals surface area (Å²) in [5.74, 6) is -0.909. The standard InChI is InChI=1S/C25H31ClN4O4S/c1-16-13-23(17(2)12-19(16)26)35(33,34)30-21-10-5-4-9-20(21)28-25(32)22(30)14-24(31)27-15-18-8-6-7-11-29(18)3/h4-5,9-10,12-13,18,22H,6-8,11,14-15H2,1-3H3,(H,27,31)(H,28,32)/t18?,22-/m1/s1. The highest BCUT2D eigenvalue weighted by molar-refractivity contribution is 7.93. The fraction of sp³-hybridized carbons (Fsp3) is 0.440. The lowest BCUT2D eigenvalue weighted by atomic mass is 10.0. The van der Waals surface area contributed by atoms with Gasteiger partial charge in [0.05, 0.1) is 22.7 Å². The third-order valence-corrected chi connectivity index (χ3v) is 9.19. The van der Waals surface area contributed by atoms with Crippen molar-refractivity contribution in [2.24, 2.45) is 0 Å². The lowest BCUT2D eigenvalue weighted by Gasteiger charge is -2.37. The average molecular weight is 519 g/mol. The lowest BCUT2D eigenvalue weighted by molar-refractivity contribution is -0.125. The number of amides is 2. The van der Waals surface area contributed by atoms with Crippen LogP contribution in [0.15, 0.2) is 41.3 Å². The van der Waals surface area contributed by atoms with E-state index in [1.165, 1.54) is 6.07 Å². The molecule has 1 unspecified atom stereocenters. The van der Waals surface area contributed by atoms with Gasteiger partial charge >= 0.3 is 0 Å². The number of sulfonamides is 1. The van der Waals surface area contributed by atoms with Crippen molar-refractivity contribution < 1.29 is 18.0 Å². The normalized spacial score (nSPS) is 20.8. The van der Waals surface area contributed by atoms with Crippen LogP contribution in [0, 0.1) is 13.8 Å². The number of hydrogen-bond donors (Lipinski definition) is 2. The Bertz CT molecular complexity index is 1250. The molecule has 2 aromatic rings. The number of rotatable bonds is 6. The van der Waals surface area contributed by atoms with Crippen molar-refractivity contribution >= 4 is 44.8 Å². The number of fused-ring (bicyclic) bond motifs is 1. The third kappa shape index (κ3) is 5.17. The molecule has 2 aromatic carbocycles. The number of benzene rings is 2. The van der Waals surface area contributed by atoms with Crippen LogP contribution in [0.3, 0.4) is 0 Å². The molecule has 2 aliphatic rings. The molecule has 2 heterocycles. The first kappa shape index (κ1) is 25.5. The minimum absolute atomic E-state index is 0.0538. The largest absolute Gasteiger partial charge is 0.354 e. The zero-order valence-electron chi connectivity index (χ0n) is 20.2. The highest BCUT2D eigenvalue weighted by atomic mass is 35.5. The summed E-state index contributed by atoms with van der Waals surface area (Å²) in [4.78, 5) is 28.3. The summed E-state index contributed by atoms with van der Waals surface area (Å²) in [6, 6.07) is 8.81. The van der Waals surface area contributed by atoms with Crippen LogP contribution in [-0.4, -0.2) is 57.4 Å². The van der Waals surface area contributed by atoms with E-state index in [4.69, 9.17) is 11.6 Å². The van der Waals surface area contributed by atoms with Crippen LogP contribution < -0.4 is 14.9 Å². The molecule has 1 fully saturated rings. The van der Waals surface area contributed by atoms with Crippen molar-refractivity contribution in [3.63, 3.8) is 0 Å². The van der Waals surface area contributed by atoms with Crippen LogP contribution in [0.25, 0.3) is 0 Å². The number of piperidine rings is 1. The Labute approximate surface area is 211 Å². The predicted octanol–water partition coefficient (Wildman–Crippen LogP) is 3.46. The highest BCUT2D eigenvalue weighted by Crippen LogP contribution is 2.38. The number of likely N-dealkylation sites (N-methyl/N-ethyl adjacent to an activating group) is 1. The van der Waals surface area contributed by atoms with Crippen molar-refractivity contribution in [1.82, 2.24) is 10.2 Å². The summed E-state index contributed by atoms with van der Waals surface area (Å²) < 4.78 is 29.1. The number of carbonyl (C=O) groups excluding carboxylic acids is 2. The van der Waals surface area contributed by atoms with Gasteiger partial charge in [-0.3, -0.25) is 13.9 Å². The van der Waals surface area contributed by atoms with Crippen LogP contribution >= 0.6 is 11.6 Å². The van der Waals surface area contributed by atoms with Gasteiger partial charge < -0.3 is 15.5 Å². The molecule has 8 nitrogen and oxygen atoms in total. The van der Waals surface area contributed by atoms with Gasteiger partial charge in [0.1, 0.15) is 6.04 Å². The van der Waals surface area contributed by atoms with E-state index in [2.05, 4.69) is 15.5 Å². The zero-order chi connectivity index (χ0) is 25.3. The summed E-state index contributed by atoms with van der Waals surface area (Å²) in [7, 11) is -2.16. The van der Waals surface area contributed by atoms with Gasteiger partial charge in [-0.25, -0.2) is 8.42 Å². The van der Waals surface area contributed by atoms with Gasteiger partial charge in [0.25, 0.3) is 10.0 Å². The molecule has 2 aliphatic heterocycles. The van der Waals surface area contributed by atoms with Crippen LogP contribution in [0.4, 0.5) is 11.4 Å². The second-order valence-electron chi connectivity index (χ2n) is 9.33. The molecule has 4 rings (SSSR count). The molecule has 0 radical (unpaired) electrons. The van der Waals surface area contributed by atoms with E-state index >= 15 is 0 Å². The summed E-state index contributed by atoms with van der Waals surface area (Å²) in [5, 5.41) is 6.14. The quantitative estimate of drug-likeness (QED) is 0.610. The Kier molecular flexibility index (Phi) is 7.40. The van der Waals surface area contributed by atoms with Gasteiger partial charge in [0.15, 0.2) is 0 Å². The molecule has 0 aromatic heterocycles. The third-order valence-electron chi connectivity index (χ3n) is 6.81. The van der Waals surface area contributed by atoms with E-state index in [1.807, 2.05) is 7.05 Å². The maximum absolute atomic E-state index is 14.0. The van der Waals surface area contributed by atoms with Crippen LogP contribution in [-0.2, 0) is 19.6 Å². The van der Waals surface area contributed by atoms with Crippen molar-refractivity contribution in [3.8, 4) is 0 Å². The monoisotopic (exact) mass is 518 g/mol. The molecule has 0 aliphatic carbocycles. The SMILES string of the molecule is Cc1cc(S(=O)(=O)N2c3ccccc3NC(=O)[C@H]2CC(=O)NCC2CCCCN2C)c(C)cc1Cl. The summed E-state index contributed by atoms with van der Waals surface area (Å²) >= 11 is 6.20. The maximum atomic E-state index is 14.0. The predicted molar refractivity (Wildman–Crippen MR) is 137 cm³/mol. The van der Waals surface area contributed by atoms with E-state index in [-0.39, 0.29) is 23.3 Å². The second-order valence-corrected chi connectivity index (χ2v) is 11.5. The number of likely N-dealkylation sites (tertiary alicyclic amines) is 1. The fourth-order valence-corrected chi connectivity index (χ4v) is 6.90. The number of halogens is 1. The number of hydrogen-bond acceptors (Lipinski definition) is 5. The molecule has 0 bridgehead atoms. The molecule has 10 heteroatoms. The minimum atomic E-state index is -4.19. The number of anilines is 2. The average Bonchev–Trinajstić information content (AvgIpc) is 2.81. The molecule has 2 amide bonds. The van der Waals surface area contributed by atoms with E-state index in [9.17, 15) is 18.0 Å². The van der Waals surface area contributed by atoms with Crippen LogP contribution in [0.2, 0.25) is 5.02 Å². The Balaban J connectivity index is 1.66.